The van der Waals surface area contributed by atoms with Crippen LogP contribution in [0.5, 0.6) is 0 Å². The summed E-state index contributed by atoms with van der Waals surface area (Å²) in [4.78, 5) is 0. The maximum Gasteiger partial charge on any atom is 0.213 e. The van der Waals surface area contributed by atoms with Gasteiger partial charge in [0.1, 0.15) is 0 Å². The minimum Gasteiger partial charge on any atom is -0.329 e. The quantitative estimate of drug-likeness (QED) is 0.665. The molecule has 0 amide bonds. The van der Waals surface area contributed by atoms with E-state index in [2.05, 4.69) is 4.72 Å². The largest absolute Gasteiger partial charge is 0.329 e. The van der Waals surface area contributed by atoms with Crippen molar-refractivity contribution in [1.29, 1.82) is 0 Å². The Bertz CT molecular complexity index is 233. The van der Waals surface area contributed by atoms with Crippen LogP contribution in [0, 0.1) is 0 Å². The summed E-state index contributed by atoms with van der Waals surface area (Å²) < 4.78 is 25.4. The number of nitrogens with one attached hydrogen (secondary N) is 1. The molecule has 0 atom stereocenters. The molecule has 0 heterocycles. The Labute approximate surface area is 80.9 Å². The van der Waals surface area contributed by atoms with E-state index >= 15 is 0 Å². The molecule has 0 bridgehead atoms. The van der Waals surface area contributed by atoms with Gasteiger partial charge in [0.05, 0.1) is 5.75 Å². The normalized spacial score (nSPS) is 13.2. The fraction of sp³-hybridized carbons (Fsp3) is 1.00. The molecule has 0 fully saturated rings. The maximum atomic E-state index is 11.4. The van der Waals surface area contributed by atoms with Gasteiger partial charge in [0.25, 0.3) is 0 Å². The highest BCUT2D eigenvalue weighted by Gasteiger charge is 2.25. The number of sulfonamides is 1. The summed E-state index contributed by atoms with van der Waals surface area (Å²) in [6.07, 6.45) is 1.57. The van der Waals surface area contributed by atoms with Gasteiger partial charge in [-0.1, -0.05) is 13.8 Å². The van der Waals surface area contributed by atoms with Gasteiger partial charge in [-0.15, -0.1) is 0 Å². The second kappa shape index (κ2) is 4.93. The molecule has 0 saturated heterocycles. The molecule has 3 N–H and O–H groups in total. The molecule has 0 aliphatic carbocycles. The molecule has 0 aromatic heterocycles. The lowest BCUT2D eigenvalue weighted by Gasteiger charge is -2.27. The van der Waals surface area contributed by atoms with Crippen molar-refractivity contribution in [2.75, 3.05) is 12.3 Å². The van der Waals surface area contributed by atoms with Crippen molar-refractivity contribution < 1.29 is 8.42 Å². The van der Waals surface area contributed by atoms with Crippen LogP contribution in [0.4, 0.5) is 0 Å². The smallest absolute Gasteiger partial charge is 0.213 e. The first-order valence-electron chi connectivity index (χ1n) is 4.61. The van der Waals surface area contributed by atoms with E-state index in [-0.39, 0.29) is 17.8 Å². The predicted molar refractivity (Wildman–Crippen MR) is 55.0 cm³/mol. The van der Waals surface area contributed by atoms with E-state index in [1.807, 2.05) is 20.8 Å². The average molecular weight is 208 g/mol. The number of hydrogen-bond acceptors (Lipinski definition) is 3. The van der Waals surface area contributed by atoms with Gasteiger partial charge < -0.3 is 5.73 Å². The number of rotatable bonds is 6. The van der Waals surface area contributed by atoms with Gasteiger partial charge in [0.2, 0.25) is 10.0 Å². The second-order valence-electron chi connectivity index (χ2n) is 3.48. The Hall–Kier alpha value is -0.130. The van der Waals surface area contributed by atoms with E-state index in [1.165, 1.54) is 0 Å². The van der Waals surface area contributed by atoms with Gasteiger partial charge in [-0.05, 0) is 19.8 Å². The molecule has 13 heavy (non-hydrogen) atoms. The zero-order valence-corrected chi connectivity index (χ0v) is 9.45. The third-order valence-electron chi connectivity index (χ3n) is 2.35. The zero-order chi connectivity index (χ0) is 10.5. The summed E-state index contributed by atoms with van der Waals surface area (Å²) in [7, 11) is -3.19. The molecule has 5 heteroatoms. The third kappa shape index (κ3) is 4.59. The van der Waals surface area contributed by atoms with Crippen molar-refractivity contribution in [3.05, 3.63) is 0 Å². The first-order chi connectivity index (χ1) is 5.89. The van der Waals surface area contributed by atoms with Crippen LogP contribution in [0.25, 0.3) is 0 Å². The highest BCUT2D eigenvalue weighted by Crippen LogP contribution is 2.14. The van der Waals surface area contributed by atoms with E-state index in [1.54, 1.807) is 0 Å². The predicted octanol–water partition coefficient (Wildman–Crippen LogP) is 0.443. The standard InChI is InChI=1S/C8H20N2O2S/c1-4-8(3,5-2)10-13(11,12)7-6-9/h10H,4-7,9H2,1-3H3. The lowest BCUT2D eigenvalue weighted by Crippen LogP contribution is -2.46. The first kappa shape index (κ1) is 12.9. The highest BCUT2D eigenvalue weighted by atomic mass is 32.2. The van der Waals surface area contributed by atoms with E-state index < -0.39 is 10.0 Å². The van der Waals surface area contributed by atoms with Crippen LogP contribution in [0.1, 0.15) is 33.6 Å². The molecule has 0 aromatic carbocycles. The first-order valence-corrected chi connectivity index (χ1v) is 6.26. The second-order valence-corrected chi connectivity index (χ2v) is 5.32. The molecule has 0 aliphatic rings. The van der Waals surface area contributed by atoms with E-state index in [0.717, 1.165) is 12.8 Å². The Morgan fingerprint density at radius 1 is 1.31 bits per heavy atom. The molecule has 0 spiro atoms. The van der Waals surface area contributed by atoms with Gasteiger partial charge in [-0.3, -0.25) is 0 Å². The van der Waals surface area contributed by atoms with Crippen LogP contribution in [0.2, 0.25) is 0 Å². The Morgan fingerprint density at radius 2 is 1.77 bits per heavy atom. The van der Waals surface area contributed by atoms with Crippen LogP contribution in [0.15, 0.2) is 0 Å². The summed E-state index contributed by atoms with van der Waals surface area (Å²) in [5, 5.41) is 0. The molecule has 4 nitrogen and oxygen atoms in total. The SMILES string of the molecule is CCC(C)(CC)NS(=O)(=O)CCN. The topological polar surface area (TPSA) is 72.2 Å². The fourth-order valence-electron chi connectivity index (χ4n) is 0.976. The summed E-state index contributed by atoms with van der Waals surface area (Å²) in [6.45, 7) is 6.00. The van der Waals surface area contributed by atoms with Crippen LogP contribution < -0.4 is 10.5 Å². The minimum absolute atomic E-state index is 0.00257. The monoisotopic (exact) mass is 208 g/mol. The third-order valence-corrected chi connectivity index (χ3v) is 3.93. The van der Waals surface area contributed by atoms with Crippen molar-refractivity contribution in [3.8, 4) is 0 Å². The number of hydrogen-bond donors (Lipinski definition) is 2. The lowest BCUT2D eigenvalue weighted by molar-refractivity contribution is 0.389. The van der Waals surface area contributed by atoms with Crippen molar-refractivity contribution in [2.45, 2.75) is 39.2 Å². The molecular weight excluding hydrogens is 188 g/mol. The summed E-state index contributed by atoms with van der Waals surface area (Å²) in [5.41, 5.74) is 4.87. The van der Waals surface area contributed by atoms with E-state index in [4.69, 9.17) is 5.73 Å². The molecule has 0 rings (SSSR count). The van der Waals surface area contributed by atoms with Crippen LogP contribution in [0.3, 0.4) is 0 Å². The lowest BCUT2D eigenvalue weighted by atomic mass is 9.98. The molecule has 80 valence electrons. The van der Waals surface area contributed by atoms with Crippen molar-refractivity contribution >= 4 is 10.0 Å². The van der Waals surface area contributed by atoms with Crippen molar-refractivity contribution in [2.24, 2.45) is 5.73 Å². The highest BCUT2D eigenvalue weighted by molar-refractivity contribution is 7.89. The van der Waals surface area contributed by atoms with E-state index in [9.17, 15) is 8.42 Å². The zero-order valence-electron chi connectivity index (χ0n) is 8.63. The van der Waals surface area contributed by atoms with Gasteiger partial charge in [-0.25, -0.2) is 13.1 Å². The summed E-state index contributed by atoms with van der Waals surface area (Å²) in [5.74, 6) is 0.00257. The van der Waals surface area contributed by atoms with Gasteiger partial charge in [-0.2, -0.15) is 0 Å². The van der Waals surface area contributed by atoms with Crippen molar-refractivity contribution in [3.63, 3.8) is 0 Å². The molecule has 0 saturated carbocycles. The summed E-state index contributed by atoms with van der Waals surface area (Å²) in [6, 6.07) is 0. The average Bonchev–Trinajstić information content (AvgIpc) is 2.03. The number of nitrogens with two attached hydrogens (primary N) is 1. The van der Waals surface area contributed by atoms with E-state index in [0.29, 0.717) is 0 Å². The Kier molecular flexibility index (Phi) is 4.88. The molecule has 0 unspecified atom stereocenters. The molecule has 0 radical (unpaired) electrons. The fourth-order valence-corrected chi connectivity index (χ4v) is 2.43. The van der Waals surface area contributed by atoms with Gasteiger partial charge in [0.15, 0.2) is 0 Å². The minimum atomic E-state index is -3.19. The molecular formula is C8H20N2O2S. The molecule has 0 aliphatic heterocycles. The van der Waals surface area contributed by atoms with Crippen LogP contribution in [-0.4, -0.2) is 26.3 Å². The van der Waals surface area contributed by atoms with Gasteiger partial charge >= 0.3 is 0 Å². The Morgan fingerprint density at radius 3 is 2.08 bits per heavy atom. The van der Waals surface area contributed by atoms with Crippen LogP contribution >= 0.6 is 0 Å². The summed E-state index contributed by atoms with van der Waals surface area (Å²) >= 11 is 0. The van der Waals surface area contributed by atoms with Crippen molar-refractivity contribution in [1.82, 2.24) is 4.72 Å². The molecule has 0 aromatic rings. The Balaban J connectivity index is 4.40. The van der Waals surface area contributed by atoms with Gasteiger partial charge in [0, 0.05) is 12.1 Å². The van der Waals surface area contributed by atoms with Crippen LogP contribution in [-0.2, 0) is 10.0 Å². The maximum absolute atomic E-state index is 11.4.